The predicted octanol–water partition coefficient (Wildman–Crippen LogP) is 5.21. The maximum atomic E-state index is 10.6. The number of hydrogen-bond acceptors (Lipinski definition) is 7. The van der Waals surface area contributed by atoms with Crippen molar-refractivity contribution in [3.05, 3.63) is 54.4 Å². The molecule has 0 bridgehead atoms. The third kappa shape index (κ3) is 4.72. The Bertz CT molecular complexity index is 1230. The summed E-state index contributed by atoms with van der Waals surface area (Å²) in [6.45, 7) is 4.74. The lowest BCUT2D eigenvalue weighted by Gasteiger charge is -2.22. The van der Waals surface area contributed by atoms with Crippen LogP contribution in [-0.2, 0) is 6.54 Å². The molecule has 2 N–H and O–H groups in total. The molecule has 1 aliphatic carbocycles. The molecule has 0 spiro atoms. The molecule has 9 heteroatoms. The maximum Gasteiger partial charge on any atom is 0.400 e. The van der Waals surface area contributed by atoms with Crippen LogP contribution in [-0.4, -0.2) is 48.4 Å². The van der Waals surface area contributed by atoms with Gasteiger partial charge in [-0.1, -0.05) is 50.4 Å². The molecule has 0 unspecified atom stereocenters. The minimum Gasteiger partial charge on any atom is -0.327 e. The lowest BCUT2D eigenvalue weighted by Crippen LogP contribution is -2.44. The molecule has 1 aliphatic rings. The Balaban J connectivity index is 1.76. The van der Waals surface area contributed by atoms with Gasteiger partial charge in [-0.2, -0.15) is 20.4 Å². The second-order valence-corrected chi connectivity index (χ2v) is 8.71. The fourth-order valence-electron chi connectivity index (χ4n) is 3.89. The van der Waals surface area contributed by atoms with Gasteiger partial charge in [0.05, 0.1) is 6.33 Å². The minimum absolute atomic E-state index is 0.0771. The van der Waals surface area contributed by atoms with Crippen molar-refractivity contribution in [1.29, 1.82) is 0 Å². The SMILES string of the molecule is CCCn1cnc2c(N(C)c3ccc(C4=CC(=S)CC=C4)cc3)nc([N+](O)(O)CCC)nc21. The molecule has 1 aromatic carbocycles. The number of nitrogens with zero attached hydrogens (tertiary/aromatic N) is 6. The summed E-state index contributed by atoms with van der Waals surface area (Å²) in [7, 11) is 1.89. The van der Waals surface area contributed by atoms with Crippen LogP contribution in [0.3, 0.4) is 0 Å². The number of quaternary nitrogens is 1. The topological polar surface area (TPSA) is 87.3 Å². The van der Waals surface area contributed by atoms with E-state index < -0.39 is 4.81 Å². The summed E-state index contributed by atoms with van der Waals surface area (Å²) >= 11 is 5.34. The van der Waals surface area contributed by atoms with E-state index in [0.717, 1.165) is 41.1 Å². The summed E-state index contributed by atoms with van der Waals surface area (Å²) in [6, 6.07) is 8.09. The van der Waals surface area contributed by atoms with E-state index in [1.54, 1.807) is 6.33 Å². The average molecular weight is 466 g/mol. The van der Waals surface area contributed by atoms with Crippen molar-refractivity contribution in [2.75, 3.05) is 18.5 Å². The maximum absolute atomic E-state index is 10.6. The first-order chi connectivity index (χ1) is 15.8. The number of anilines is 2. The fourth-order valence-corrected chi connectivity index (χ4v) is 4.11. The van der Waals surface area contributed by atoms with Crippen LogP contribution >= 0.6 is 12.2 Å². The summed E-state index contributed by atoms with van der Waals surface area (Å²) < 4.78 is 1.91. The molecular formula is C24H29N6O2S+. The van der Waals surface area contributed by atoms with Crippen LogP contribution in [0.4, 0.5) is 17.5 Å². The number of imidazole rings is 1. The summed E-state index contributed by atoms with van der Waals surface area (Å²) in [4.78, 5) is 15.0. The van der Waals surface area contributed by atoms with E-state index in [1.807, 2.05) is 53.8 Å². The van der Waals surface area contributed by atoms with Gasteiger partial charge in [-0.3, -0.25) is 0 Å². The number of hydrogen-bond donors (Lipinski definition) is 2. The summed E-state index contributed by atoms with van der Waals surface area (Å²) in [5.41, 5.74) is 4.25. The van der Waals surface area contributed by atoms with Crippen molar-refractivity contribution >= 4 is 51.3 Å². The van der Waals surface area contributed by atoms with Gasteiger partial charge >= 0.3 is 5.95 Å². The van der Waals surface area contributed by atoms with E-state index in [0.29, 0.717) is 23.4 Å². The van der Waals surface area contributed by atoms with Crippen molar-refractivity contribution < 1.29 is 10.4 Å². The normalized spacial score (nSPS) is 14.1. The molecule has 8 nitrogen and oxygen atoms in total. The quantitative estimate of drug-likeness (QED) is 0.268. The van der Waals surface area contributed by atoms with Crippen molar-refractivity contribution in [1.82, 2.24) is 24.3 Å². The molecule has 0 fully saturated rings. The Morgan fingerprint density at radius 3 is 2.55 bits per heavy atom. The molecular weight excluding hydrogens is 436 g/mol. The minimum atomic E-state index is -1.37. The monoisotopic (exact) mass is 465 g/mol. The molecule has 0 saturated heterocycles. The highest BCUT2D eigenvalue weighted by atomic mass is 32.1. The molecule has 2 aromatic heterocycles. The number of fused-ring (bicyclic) bond motifs is 1. The highest BCUT2D eigenvalue weighted by molar-refractivity contribution is 7.80. The second kappa shape index (κ2) is 9.48. The van der Waals surface area contributed by atoms with Gasteiger partial charge in [0.25, 0.3) is 0 Å². The standard InChI is InChI=1S/C24H29N6O2S/c1-4-13-29-16-25-21-22(26-24(27-23(21)29)30(31,32)14-5-2)28(3)19-11-9-17(10-12-19)18-7-6-8-20(33)15-18/h6-7,9-12,15-16,31-32H,4-5,8,13-14H2,1-3H3/q+1. The third-order valence-corrected chi connectivity index (χ3v) is 5.88. The van der Waals surface area contributed by atoms with Gasteiger partial charge in [0.15, 0.2) is 23.5 Å². The van der Waals surface area contributed by atoms with E-state index >= 15 is 0 Å². The molecule has 0 amide bonds. The second-order valence-electron chi connectivity index (χ2n) is 8.19. The summed E-state index contributed by atoms with van der Waals surface area (Å²) in [5.74, 6) is 0.434. The Hall–Kier alpha value is -2.98. The number of hydroxylamine groups is 2. The van der Waals surface area contributed by atoms with Crippen molar-refractivity contribution in [3.63, 3.8) is 0 Å². The number of rotatable bonds is 8. The zero-order chi connectivity index (χ0) is 23.6. The van der Waals surface area contributed by atoms with Crippen molar-refractivity contribution in [3.8, 4) is 0 Å². The Labute approximate surface area is 198 Å². The van der Waals surface area contributed by atoms with E-state index in [1.165, 1.54) is 0 Å². The van der Waals surface area contributed by atoms with Gasteiger partial charge in [-0.15, -0.1) is 0 Å². The lowest BCUT2D eigenvalue weighted by atomic mass is 9.99. The number of thiocarbonyl (C=S) groups is 1. The highest BCUT2D eigenvalue weighted by Crippen LogP contribution is 2.32. The van der Waals surface area contributed by atoms with Gasteiger partial charge in [-0.25, -0.2) is 4.98 Å². The van der Waals surface area contributed by atoms with E-state index in [9.17, 15) is 10.4 Å². The molecule has 3 aromatic rings. The average Bonchev–Trinajstić information content (AvgIpc) is 3.21. The molecule has 33 heavy (non-hydrogen) atoms. The molecule has 2 heterocycles. The summed E-state index contributed by atoms with van der Waals surface area (Å²) in [5, 5.41) is 21.2. The van der Waals surface area contributed by atoms with E-state index in [4.69, 9.17) is 12.2 Å². The lowest BCUT2D eigenvalue weighted by molar-refractivity contribution is -0.294. The van der Waals surface area contributed by atoms with Gasteiger partial charge in [-0.05, 0) is 35.8 Å². The third-order valence-electron chi connectivity index (χ3n) is 5.59. The van der Waals surface area contributed by atoms with Gasteiger partial charge in [0, 0.05) is 41.8 Å². The highest BCUT2D eigenvalue weighted by Gasteiger charge is 2.33. The first kappa shape index (κ1) is 23.2. The fraction of sp³-hybridized carbons (Fsp3) is 0.333. The Morgan fingerprint density at radius 2 is 1.88 bits per heavy atom. The largest absolute Gasteiger partial charge is 0.400 e. The zero-order valence-corrected chi connectivity index (χ0v) is 20.0. The first-order valence-electron chi connectivity index (χ1n) is 11.2. The number of allylic oxidation sites excluding steroid dienone is 4. The van der Waals surface area contributed by atoms with Crippen LogP contribution in [0.1, 0.15) is 38.7 Å². The molecule has 0 aliphatic heterocycles. The zero-order valence-electron chi connectivity index (χ0n) is 19.1. The van der Waals surface area contributed by atoms with Gasteiger partial charge < -0.3 is 9.47 Å². The van der Waals surface area contributed by atoms with Crippen molar-refractivity contribution in [2.45, 2.75) is 39.7 Å². The van der Waals surface area contributed by atoms with Crippen LogP contribution < -0.4 is 9.71 Å². The van der Waals surface area contributed by atoms with Crippen LogP contribution in [0.2, 0.25) is 0 Å². The number of aromatic nitrogens is 4. The van der Waals surface area contributed by atoms with Crippen LogP contribution in [0, 0.1) is 0 Å². The smallest absolute Gasteiger partial charge is 0.327 e. The Morgan fingerprint density at radius 1 is 1.12 bits per heavy atom. The van der Waals surface area contributed by atoms with Crippen LogP contribution in [0.15, 0.2) is 48.8 Å². The predicted molar refractivity (Wildman–Crippen MR) is 135 cm³/mol. The van der Waals surface area contributed by atoms with E-state index in [2.05, 4.69) is 34.0 Å². The van der Waals surface area contributed by atoms with E-state index in [-0.39, 0.29) is 12.5 Å². The number of aryl methyl sites for hydroxylation is 1. The van der Waals surface area contributed by atoms with Gasteiger partial charge in [0.1, 0.15) is 0 Å². The molecule has 0 atom stereocenters. The molecule has 4 rings (SSSR count). The van der Waals surface area contributed by atoms with Gasteiger partial charge in [0.2, 0.25) is 0 Å². The Kier molecular flexibility index (Phi) is 6.66. The molecule has 0 saturated carbocycles. The number of benzene rings is 1. The first-order valence-corrected chi connectivity index (χ1v) is 11.6. The molecule has 0 radical (unpaired) electrons. The van der Waals surface area contributed by atoms with Crippen molar-refractivity contribution in [2.24, 2.45) is 0 Å². The molecule has 172 valence electrons. The van der Waals surface area contributed by atoms with Crippen LogP contribution in [0.5, 0.6) is 0 Å². The van der Waals surface area contributed by atoms with Crippen LogP contribution in [0.25, 0.3) is 16.7 Å². The summed E-state index contributed by atoms with van der Waals surface area (Å²) in [6.07, 6.45) is 10.2.